The highest BCUT2D eigenvalue weighted by molar-refractivity contribution is 7.92. The lowest BCUT2D eigenvalue weighted by Gasteiger charge is -2.24. The molecule has 1 aromatic heterocycles. The van der Waals surface area contributed by atoms with Crippen molar-refractivity contribution in [1.82, 2.24) is 9.97 Å². The average Bonchev–Trinajstić information content (AvgIpc) is 2.72. The van der Waals surface area contributed by atoms with E-state index >= 15 is 0 Å². The fraction of sp³-hybridized carbons (Fsp3) is 0.261. The van der Waals surface area contributed by atoms with Crippen LogP contribution < -0.4 is 14.3 Å². The van der Waals surface area contributed by atoms with Crippen LogP contribution in [0.25, 0.3) is 0 Å². The second-order valence-corrected chi connectivity index (χ2v) is 11.8. The van der Waals surface area contributed by atoms with Crippen LogP contribution in [0.5, 0.6) is 0 Å². The first kappa shape index (κ1) is 26.1. The molecule has 0 aliphatic heterocycles. The first-order chi connectivity index (χ1) is 16.2. The van der Waals surface area contributed by atoms with Crippen LogP contribution in [0.4, 0.5) is 17.3 Å². The highest BCUT2D eigenvalue weighted by Gasteiger charge is 2.23. The largest absolute Gasteiger partial charge is 0.325 e. The van der Waals surface area contributed by atoms with E-state index in [9.17, 15) is 21.6 Å². The van der Waals surface area contributed by atoms with Crippen LogP contribution in [0.2, 0.25) is 0 Å². The molecule has 0 aliphatic carbocycles. The van der Waals surface area contributed by atoms with Gasteiger partial charge in [0.05, 0.1) is 16.8 Å². The number of carbonyl (C=O) groups is 1. The number of rotatable bonds is 8. The Bertz CT molecular complexity index is 1450. The van der Waals surface area contributed by atoms with Gasteiger partial charge in [0.15, 0.2) is 0 Å². The van der Waals surface area contributed by atoms with Gasteiger partial charge in [-0.05, 0) is 75.2 Å². The van der Waals surface area contributed by atoms with Crippen molar-refractivity contribution in [2.75, 3.05) is 27.1 Å². The average molecular weight is 518 g/mol. The van der Waals surface area contributed by atoms with Gasteiger partial charge in [0.25, 0.3) is 10.0 Å². The van der Waals surface area contributed by atoms with E-state index in [1.165, 1.54) is 24.3 Å². The van der Waals surface area contributed by atoms with E-state index in [1.807, 2.05) is 13.0 Å². The van der Waals surface area contributed by atoms with Gasteiger partial charge in [0, 0.05) is 17.1 Å². The van der Waals surface area contributed by atoms with Gasteiger partial charge in [-0.1, -0.05) is 12.1 Å². The molecule has 0 spiro atoms. The zero-order chi connectivity index (χ0) is 26.0. The third kappa shape index (κ3) is 6.76. The summed E-state index contributed by atoms with van der Waals surface area (Å²) in [5.74, 6) is -0.610. The number of hydrogen-bond acceptors (Lipinski definition) is 7. The molecule has 0 unspecified atom stereocenters. The molecule has 3 aromatic rings. The smallest absolute Gasteiger partial charge is 0.264 e. The zero-order valence-electron chi connectivity index (χ0n) is 20.0. The Morgan fingerprint density at radius 1 is 0.886 bits per heavy atom. The Kier molecular flexibility index (Phi) is 7.46. The number of anilines is 3. The lowest BCUT2D eigenvalue weighted by Crippen LogP contribution is -2.37. The van der Waals surface area contributed by atoms with E-state index in [-0.39, 0.29) is 10.8 Å². The second kappa shape index (κ2) is 10.0. The number of carbonyl (C=O) groups excluding carboxylic acids is 1. The number of aryl methyl sites for hydroxylation is 4. The van der Waals surface area contributed by atoms with Crippen LogP contribution in [-0.2, 0) is 24.8 Å². The lowest BCUT2D eigenvalue weighted by molar-refractivity contribution is -0.114. The fourth-order valence-electron chi connectivity index (χ4n) is 3.37. The van der Waals surface area contributed by atoms with Crippen LogP contribution in [0.1, 0.15) is 22.5 Å². The Morgan fingerprint density at radius 3 is 2.06 bits per heavy atom. The molecule has 10 nitrogen and oxygen atoms in total. The minimum absolute atomic E-state index is 0.0350. The number of benzene rings is 2. The quantitative estimate of drug-likeness (QED) is 0.468. The summed E-state index contributed by atoms with van der Waals surface area (Å²) in [5, 5.41) is 2.61. The Hall–Kier alpha value is -3.51. The molecule has 186 valence electrons. The van der Waals surface area contributed by atoms with Crippen molar-refractivity contribution in [3.05, 3.63) is 71.0 Å². The van der Waals surface area contributed by atoms with Crippen molar-refractivity contribution < 1.29 is 21.6 Å². The predicted octanol–water partition coefficient (Wildman–Crippen LogP) is 2.92. The highest BCUT2D eigenvalue weighted by Crippen LogP contribution is 2.24. The molecule has 0 radical (unpaired) electrons. The van der Waals surface area contributed by atoms with E-state index in [0.29, 0.717) is 28.3 Å². The number of nitrogens with zero attached hydrogens (tertiary/aromatic N) is 3. The fourth-order valence-corrected chi connectivity index (χ4v) is 5.22. The summed E-state index contributed by atoms with van der Waals surface area (Å²) >= 11 is 0. The Balaban J connectivity index is 1.75. The summed E-state index contributed by atoms with van der Waals surface area (Å²) in [6.45, 7) is 6.63. The van der Waals surface area contributed by atoms with Crippen molar-refractivity contribution in [1.29, 1.82) is 0 Å². The summed E-state index contributed by atoms with van der Waals surface area (Å²) in [6.07, 6.45) is 1.04. The maximum Gasteiger partial charge on any atom is 0.264 e. The van der Waals surface area contributed by atoms with E-state index < -0.39 is 32.5 Å². The monoisotopic (exact) mass is 517 g/mol. The van der Waals surface area contributed by atoms with Crippen molar-refractivity contribution >= 4 is 43.3 Å². The molecule has 0 saturated carbocycles. The lowest BCUT2D eigenvalue weighted by atomic mass is 10.1. The summed E-state index contributed by atoms with van der Waals surface area (Å²) in [6, 6.07) is 12.5. The molecule has 0 fully saturated rings. The van der Waals surface area contributed by atoms with Gasteiger partial charge in [0.1, 0.15) is 6.54 Å². The Labute approximate surface area is 205 Å². The molecule has 1 amide bonds. The molecule has 0 bridgehead atoms. The third-order valence-electron chi connectivity index (χ3n) is 4.98. The standard InChI is InChI=1S/C23H27N5O5S2/c1-15-6-7-16(2)21(12-15)28(34(5,30)31)14-22(29)26-19-8-10-20(11-9-19)35(32,33)27-23-24-17(3)13-18(4)25-23/h6-13H,14H2,1-5H3,(H,26,29)(H,24,25,27). The van der Waals surface area contributed by atoms with Crippen LogP contribution in [0.3, 0.4) is 0 Å². The van der Waals surface area contributed by atoms with Crippen LogP contribution in [0, 0.1) is 27.7 Å². The maximum atomic E-state index is 12.7. The van der Waals surface area contributed by atoms with Crippen molar-refractivity contribution in [3.8, 4) is 0 Å². The van der Waals surface area contributed by atoms with Gasteiger partial charge in [-0.15, -0.1) is 0 Å². The van der Waals surface area contributed by atoms with Gasteiger partial charge >= 0.3 is 0 Å². The zero-order valence-corrected chi connectivity index (χ0v) is 21.7. The molecule has 3 rings (SSSR count). The van der Waals surface area contributed by atoms with Gasteiger partial charge < -0.3 is 5.32 Å². The van der Waals surface area contributed by atoms with E-state index in [0.717, 1.165) is 16.1 Å². The summed E-state index contributed by atoms with van der Waals surface area (Å²) in [7, 11) is -7.68. The first-order valence-corrected chi connectivity index (χ1v) is 13.9. The molecular formula is C23H27N5O5S2. The number of nitrogens with one attached hydrogen (secondary N) is 2. The SMILES string of the molecule is Cc1ccc(C)c(N(CC(=O)Nc2ccc(S(=O)(=O)Nc3nc(C)cc(C)n3)cc2)S(C)(=O)=O)c1. The molecule has 35 heavy (non-hydrogen) atoms. The molecule has 0 atom stereocenters. The summed E-state index contributed by atoms with van der Waals surface area (Å²) in [4.78, 5) is 20.8. The number of amides is 1. The highest BCUT2D eigenvalue weighted by atomic mass is 32.2. The molecule has 0 saturated heterocycles. The Morgan fingerprint density at radius 2 is 1.49 bits per heavy atom. The predicted molar refractivity (Wildman–Crippen MR) is 135 cm³/mol. The molecule has 1 heterocycles. The summed E-state index contributed by atoms with van der Waals surface area (Å²) < 4.78 is 53.5. The number of aromatic nitrogens is 2. The van der Waals surface area contributed by atoms with Gasteiger partial charge in [-0.2, -0.15) is 0 Å². The minimum Gasteiger partial charge on any atom is -0.325 e. The second-order valence-electron chi connectivity index (χ2n) is 8.21. The van der Waals surface area contributed by atoms with Crippen molar-refractivity contribution in [2.24, 2.45) is 0 Å². The normalized spacial score (nSPS) is 11.7. The first-order valence-electron chi connectivity index (χ1n) is 10.5. The molecular weight excluding hydrogens is 490 g/mol. The molecule has 2 aromatic carbocycles. The van der Waals surface area contributed by atoms with E-state index in [2.05, 4.69) is 20.0 Å². The van der Waals surface area contributed by atoms with E-state index in [4.69, 9.17) is 0 Å². The van der Waals surface area contributed by atoms with Crippen LogP contribution >= 0.6 is 0 Å². The van der Waals surface area contributed by atoms with Crippen molar-refractivity contribution in [3.63, 3.8) is 0 Å². The minimum atomic E-state index is -3.95. The molecule has 2 N–H and O–H groups in total. The molecule has 0 aliphatic rings. The van der Waals surface area contributed by atoms with E-state index in [1.54, 1.807) is 39.0 Å². The third-order valence-corrected chi connectivity index (χ3v) is 7.45. The van der Waals surface area contributed by atoms with Crippen molar-refractivity contribution in [2.45, 2.75) is 32.6 Å². The van der Waals surface area contributed by atoms with Crippen LogP contribution in [0.15, 0.2) is 53.4 Å². The summed E-state index contributed by atoms with van der Waals surface area (Å²) in [5.41, 5.74) is 3.55. The van der Waals surface area contributed by atoms with Gasteiger partial charge in [-0.3, -0.25) is 9.10 Å². The van der Waals surface area contributed by atoms with Gasteiger partial charge in [-0.25, -0.2) is 31.5 Å². The van der Waals surface area contributed by atoms with Gasteiger partial charge in [0.2, 0.25) is 21.9 Å². The molecule has 12 heteroatoms. The van der Waals surface area contributed by atoms with Crippen LogP contribution in [-0.4, -0.2) is 45.5 Å². The topological polar surface area (TPSA) is 138 Å². The number of hydrogen-bond donors (Lipinski definition) is 2. The number of sulfonamides is 2. The maximum absolute atomic E-state index is 12.7.